The number of aliphatic hydroxyl groups excluding tert-OH is 1. The molecule has 23 heavy (non-hydrogen) atoms. The fourth-order valence-corrected chi connectivity index (χ4v) is 2.84. The van der Waals surface area contributed by atoms with Crippen molar-refractivity contribution in [1.29, 1.82) is 0 Å². The van der Waals surface area contributed by atoms with Gasteiger partial charge in [0.2, 0.25) is 0 Å². The van der Waals surface area contributed by atoms with Crippen LogP contribution < -0.4 is 5.32 Å². The Kier molecular flexibility index (Phi) is 5.74. The number of aryl methyl sites for hydroxylation is 2. The SMILES string of the molecule is Cc1cc(C)c(C(=O)NC(C)C(O)Cc2ccccc2)c(Cl)n1. The number of nitrogens with one attached hydrogen (secondary N) is 1. The molecule has 1 aromatic carbocycles. The maximum Gasteiger partial charge on any atom is 0.254 e. The summed E-state index contributed by atoms with van der Waals surface area (Å²) in [7, 11) is 0. The van der Waals surface area contributed by atoms with E-state index in [2.05, 4.69) is 10.3 Å². The highest BCUT2D eigenvalue weighted by Crippen LogP contribution is 2.19. The number of rotatable bonds is 5. The number of nitrogens with zero attached hydrogens (tertiary/aromatic N) is 1. The Morgan fingerprint density at radius 1 is 1.30 bits per heavy atom. The molecule has 1 amide bonds. The minimum Gasteiger partial charge on any atom is -0.391 e. The third-order valence-corrected chi connectivity index (χ3v) is 4.02. The Morgan fingerprint density at radius 2 is 1.96 bits per heavy atom. The number of carbonyl (C=O) groups is 1. The molecule has 2 aromatic rings. The standard InChI is InChI=1S/C18H21ClN2O2/c1-11-9-12(2)20-17(19)16(11)18(23)21-13(3)15(22)10-14-7-5-4-6-8-14/h4-9,13,15,22H,10H2,1-3H3,(H,21,23). The fourth-order valence-electron chi connectivity index (χ4n) is 2.47. The average Bonchev–Trinajstić information content (AvgIpc) is 2.47. The number of hydrogen-bond acceptors (Lipinski definition) is 3. The van der Waals surface area contributed by atoms with Crippen molar-refractivity contribution in [3.05, 3.63) is 63.9 Å². The Morgan fingerprint density at radius 3 is 2.57 bits per heavy atom. The molecule has 1 heterocycles. The lowest BCUT2D eigenvalue weighted by Gasteiger charge is -2.21. The summed E-state index contributed by atoms with van der Waals surface area (Å²) in [5, 5.41) is 13.3. The maximum absolute atomic E-state index is 12.4. The molecule has 2 rings (SSSR count). The Labute approximate surface area is 141 Å². The summed E-state index contributed by atoms with van der Waals surface area (Å²) < 4.78 is 0. The summed E-state index contributed by atoms with van der Waals surface area (Å²) in [5.74, 6) is -0.320. The van der Waals surface area contributed by atoms with E-state index in [1.165, 1.54) is 0 Å². The number of pyridine rings is 1. The molecule has 0 fully saturated rings. The average molecular weight is 333 g/mol. The van der Waals surface area contributed by atoms with Crippen LogP contribution in [0.4, 0.5) is 0 Å². The summed E-state index contributed by atoms with van der Waals surface area (Å²) in [4.78, 5) is 16.5. The molecule has 5 heteroatoms. The van der Waals surface area contributed by atoms with Crippen molar-refractivity contribution < 1.29 is 9.90 Å². The molecule has 0 aliphatic heterocycles. The highest BCUT2D eigenvalue weighted by molar-refractivity contribution is 6.32. The van der Waals surface area contributed by atoms with Crippen molar-refractivity contribution in [2.75, 3.05) is 0 Å². The molecule has 0 saturated carbocycles. The molecule has 0 aliphatic rings. The number of aliphatic hydroxyl groups is 1. The molecule has 122 valence electrons. The molecule has 0 bridgehead atoms. The Hall–Kier alpha value is -1.91. The van der Waals surface area contributed by atoms with Gasteiger partial charge in [0.1, 0.15) is 5.15 Å². The Balaban J connectivity index is 2.05. The minimum atomic E-state index is -0.682. The van der Waals surface area contributed by atoms with E-state index in [0.29, 0.717) is 12.0 Å². The monoisotopic (exact) mass is 332 g/mol. The number of benzene rings is 1. The quantitative estimate of drug-likeness (QED) is 0.827. The topological polar surface area (TPSA) is 62.2 Å². The lowest BCUT2D eigenvalue weighted by atomic mass is 10.0. The zero-order valence-corrected chi connectivity index (χ0v) is 14.3. The molecule has 1 aromatic heterocycles. The summed E-state index contributed by atoms with van der Waals surface area (Å²) in [6, 6.07) is 11.1. The normalized spacial score (nSPS) is 13.4. The van der Waals surface area contributed by atoms with Crippen molar-refractivity contribution in [2.24, 2.45) is 0 Å². The van der Waals surface area contributed by atoms with E-state index >= 15 is 0 Å². The van der Waals surface area contributed by atoms with Crippen LogP contribution in [-0.4, -0.2) is 28.1 Å². The van der Waals surface area contributed by atoms with Crippen LogP contribution in [0.2, 0.25) is 5.15 Å². The summed E-state index contributed by atoms with van der Waals surface area (Å²) in [5.41, 5.74) is 2.91. The van der Waals surface area contributed by atoms with Gasteiger partial charge in [-0.1, -0.05) is 41.9 Å². The summed E-state index contributed by atoms with van der Waals surface area (Å²) in [6.07, 6.45) is -0.208. The van der Waals surface area contributed by atoms with Crippen LogP contribution in [0.1, 0.15) is 34.1 Å². The van der Waals surface area contributed by atoms with Crippen molar-refractivity contribution in [3.8, 4) is 0 Å². The predicted octanol–water partition coefficient (Wildman–Crippen LogP) is 3.07. The largest absolute Gasteiger partial charge is 0.391 e. The Bertz CT molecular complexity index is 666. The molecule has 2 atom stereocenters. The maximum atomic E-state index is 12.4. The number of aromatic nitrogens is 1. The minimum absolute atomic E-state index is 0.185. The molecular formula is C18H21ClN2O2. The van der Waals surface area contributed by atoms with E-state index in [4.69, 9.17) is 11.6 Å². The van der Waals surface area contributed by atoms with Gasteiger partial charge in [0.25, 0.3) is 5.91 Å². The van der Waals surface area contributed by atoms with Crippen LogP contribution in [-0.2, 0) is 6.42 Å². The van der Waals surface area contributed by atoms with Gasteiger partial charge in [-0.2, -0.15) is 0 Å². The molecular weight excluding hydrogens is 312 g/mol. The first-order valence-corrected chi connectivity index (χ1v) is 7.93. The van der Waals surface area contributed by atoms with Crippen molar-refractivity contribution in [3.63, 3.8) is 0 Å². The number of carbonyl (C=O) groups excluding carboxylic acids is 1. The summed E-state index contributed by atoms with van der Waals surface area (Å²) in [6.45, 7) is 5.42. The van der Waals surface area contributed by atoms with Crippen LogP contribution >= 0.6 is 11.6 Å². The highest BCUT2D eigenvalue weighted by Gasteiger charge is 2.21. The van der Waals surface area contributed by atoms with Gasteiger partial charge in [-0.15, -0.1) is 0 Å². The van der Waals surface area contributed by atoms with Gasteiger partial charge in [-0.3, -0.25) is 4.79 Å². The first kappa shape index (κ1) is 17.4. The van der Waals surface area contributed by atoms with E-state index in [0.717, 1.165) is 16.8 Å². The van der Waals surface area contributed by atoms with Gasteiger partial charge in [-0.25, -0.2) is 4.98 Å². The predicted molar refractivity (Wildman–Crippen MR) is 91.8 cm³/mol. The highest BCUT2D eigenvalue weighted by atomic mass is 35.5. The first-order valence-electron chi connectivity index (χ1n) is 7.55. The first-order chi connectivity index (χ1) is 10.9. The van der Waals surface area contributed by atoms with Crippen LogP contribution in [0.15, 0.2) is 36.4 Å². The van der Waals surface area contributed by atoms with Crippen LogP contribution in [0.25, 0.3) is 0 Å². The van der Waals surface area contributed by atoms with Crippen molar-refractivity contribution in [1.82, 2.24) is 10.3 Å². The third-order valence-electron chi connectivity index (χ3n) is 3.75. The smallest absolute Gasteiger partial charge is 0.254 e. The molecule has 2 N–H and O–H groups in total. The fraction of sp³-hybridized carbons (Fsp3) is 0.333. The van der Waals surface area contributed by atoms with E-state index in [9.17, 15) is 9.90 Å². The molecule has 0 spiro atoms. The van der Waals surface area contributed by atoms with E-state index in [1.807, 2.05) is 50.2 Å². The molecule has 0 aliphatic carbocycles. The van der Waals surface area contributed by atoms with Gasteiger partial charge >= 0.3 is 0 Å². The number of hydrogen-bond donors (Lipinski definition) is 2. The molecule has 4 nitrogen and oxygen atoms in total. The van der Waals surface area contributed by atoms with Crippen molar-refractivity contribution in [2.45, 2.75) is 39.3 Å². The van der Waals surface area contributed by atoms with Crippen LogP contribution in [0.3, 0.4) is 0 Å². The summed E-state index contributed by atoms with van der Waals surface area (Å²) >= 11 is 6.09. The van der Waals surface area contributed by atoms with Gasteiger partial charge in [0.15, 0.2) is 0 Å². The second-order valence-electron chi connectivity index (χ2n) is 5.77. The van der Waals surface area contributed by atoms with Gasteiger partial charge in [0.05, 0.1) is 17.7 Å². The van der Waals surface area contributed by atoms with Crippen LogP contribution in [0, 0.1) is 13.8 Å². The lowest BCUT2D eigenvalue weighted by Crippen LogP contribution is -2.42. The lowest BCUT2D eigenvalue weighted by molar-refractivity contribution is 0.0851. The second kappa shape index (κ2) is 7.57. The third kappa shape index (κ3) is 4.53. The van der Waals surface area contributed by atoms with Gasteiger partial charge < -0.3 is 10.4 Å². The molecule has 0 radical (unpaired) electrons. The number of halogens is 1. The van der Waals surface area contributed by atoms with Crippen LogP contribution in [0.5, 0.6) is 0 Å². The molecule has 0 saturated heterocycles. The van der Waals surface area contributed by atoms with E-state index < -0.39 is 12.1 Å². The van der Waals surface area contributed by atoms with Gasteiger partial charge in [0, 0.05) is 12.1 Å². The molecule has 2 unspecified atom stereocenters. The zero-order valence-electron chi connectivity index (χ0n) is 13.5. The van der Waals surface area contributed by atoms with Crippen molar-refractivity contribution >= 4 is 17.5 Å². The number of amides is 1. The van der Waals surface area contributed by atoms with E-state index in [1.54, 1.807) is 6.92 Å². The van der Waals surface area contributed by atoms with Gasteiger partial charge in [-0.05, 0) is 38.0 Å². The van der Waals surface area contributed by atoms with E-state index in [-0.39, 0.29) is 11.1 Å². The zero-order chi connectivity index (χ0) is 17.0. The second-order valence-corrected chi connectivity index (χ2v) is 6.12.